The van der Waals surface area contributed by atoms with Crippen LogP contribution in [0.25, 0.3) is 0 Å². The first-order chi connectivity index (χ1) is 15.6. The van der Waals surface area contributed by atoms with Crippen LogP contribution >= 0.6 is 11.6 Å². The molecule has 0 spiro atoms. The van der Waals surface area contributed by atoms with E-state index in [1.165, 1.54) is 24.3 Å². The van der Waals surface area contributed by atoms with Crippen molar-refractivity contribution in [2.75, 3.05) is 10.8 Å². The molecule has 0 saturated heterocycles. The minimum Gasteiger partial charge on any atom is -0.348 e. The van der Waals surface area contributed by atoms with Crippen LogP contribution in [0, 0.1) is 19.7 Å². The molecule has 0 fully saturated rings. The predicted molar refractivity (Wildman–Crippen MR) is 129 cm³/mol. The number of nitrogens with zero attached hydrogens (tertiary/aromatic N) is 1. The summed E-state index contributed by atoms with van der Waals surface area (Å²) < 4.78 is 41.5. The van der Waals surface area contributed by atoms with Crippen molar-refractivity contribution < 1.29 is 17.6 Å². The van der Waals surface area contributed by atoms with E-state index in [4.69, 9.17) is 11.6 Å². The van der Waals surface area contributed by atoms with Crippen LogP contribution in [0.5, 0.6) is 0 Å². The van der Waals surface area contributed by atoms with Crippen LogP contribution in [-0.4, -0.2) is 20.9 Å². The Balaban J connectivity index is 1.94. The highest BCUT2D eigenvalue weighted by atomic mass is 35.5. The van der Waals surface area contributed by atoms with Crippen molar-refractivity contribution in [2.24, 2.45) is 0 Å². The van der Waals surface area contributed by atoms with Gasteiger partial charge in [0, 0.05) is 0 Å². The van der Waals surface area contributed by atoms with E-state index in [-0.39, 0.29) is 21.6 Å². The molecule has 0 radical (unpaired) electrons. The molecule has 0 saturated carbocycles. The van der Waals surface area contributed by atoms with Crippen LogP contribution in [-0.2, 0) is 14.8 Å². The Kier molecular flexibility index (Phi) is 7.76. The van der Waals surface area contributed by atoms with Crippen LogP contribution in [0.1, 0.15) is 36.1 Å². The summed E-state index contributed by atoms with van der Waals surface area (Å²) >= 11 is 5.91. The Labute approximate surface area is 199 Å². The van der Waals surface area contributed by atoms with E-state index in [0.29, 0.717) is 6.42 Å². The van der Waals surface area contributed by atoms with E-state index in [1.54, 1.807) is 18.2 Å². The molecule has 0 aliphatic heterocycles. The number of sulfonamides is 1. The highest BCUT2D eigenvalue weighted by molar-refractivity contribution is 7.92. The summed E-state index contributed by atoms with van der Waals surface area (Å²) in [6, 6.07) is 17.0. The summed E-state index contributed by atoms with van der Waals surface area (Å²) in [5.41, 5.74) is 3.23. The molecule has 1 atom stereocenters. The predicted octanol–water partition coefficient (Wildman–Crippen LogP) is 5.56. The van der Waals surface area contributed by atoms with Gasteiger partial charge in [0.2, 0.25) is 5.91 Å². The van der Waals surface area contributed by atoms with Crippen molar-refractivity contribution in [3.63, 3.8) is 0 Å². The zero-order chi connectivity index (χ0) is 24.2. The molecular weight excluding hydrogens is 463 g/mol. The first kappa shape index (κ1) is 24.7. The Morgan fingerprint density at radius 3 is 2.36 bits per heavy atom. The lowest BCUT2D eigenvalue weighted by atomic mass is 9.97. The lowest BCUT2D eigenvalue weighted by Gasteiger charge is -2.26. The molecule has 3 rings (SSSR count). The van der Waals surface area contributed by atoms with Gasteiger partial charge in [-0.2, -0.15) is 0 Å². The van der Waals surface area contributed by atoms with Gasteiger partial charge in [-0.15, -0.1) is 0 Å². The first-order valence-corrected chi connectivity index (χ1v) is 12.3. The molecule has 0 aliphatic carbocycles. The van der Waals surface area contributed by atoms with Gasteiger partial charge < -0.3 is 5.32 Å². The Hall–Kier alpha value is -2.90. The van der Waals surface area contributed by atoms with Crippen LogP contribution < -0.4 is 9.62 Å². The van der Waals surface area contributed by atoms with Crippen molar-refractivity contribution in [3.05, 3.63) is 94.3 Å². The molecule has 1 amide bonds. The standard InChI is InChI=1S/C25H26ClFN2O3S/c1-4-24(21-12-10-17(2)14-18(21)3)28-25(30)16-29(19-11-13-23(27)22(26)15-19)33(31,32)20-8-6-5-7-9-20/h5-15,24H,4,16H2,1-3H3,(H,28,30). The Bertz CT molecular complexity index is 1250. The quantitative estimate of drug-likeness (QED) is 0.451. The van der Waals surface area contributed by atoms with Crippen molar-refractivity contribution >= 4 is 33.2 Å². The highest BCUT2D eigenvalue weighted by Crippen LogP contribution is 2.28. The molecule has 8 heteroatoms. The fraction of sp³-hybridized carbons (Fsp3) is 0.240. The molecule has 0 aliphatic rings. The van der Waals surface area contributed by atoms with Gasteiger partial charge in [0.15, 0.2) is 0 Å². The van der Waals surface area contributed by atoms with E-state index in [2.05, 4.69) is 5.32 Å². The molecule has 3 aromatic rings. The van der Waals surface area contributed by atoms with E-state index in [1.807, 2.05) is 39.0 Å². The minimum atomic E-state index is -4.11. The number of carbonyl (C=O) groups excluding carboxylic acids is 1. The second-order valence-electron chi connectivity index (χ2n) is 7.81. The Morgan fingerprint density at radius 2 is 1.76 bits per heavy atom. The molecule has 0 aromatic heterocycles. The number of rotatable bonds is 8. The van der Waals surface area contributed by atoms with E-state index < -0.39 is 28.3 Å². The summed E-state index contributed by atoms with van der Waals surface area (Å²) in [7, 11) is -4.11. The van der Waals surface area contributed by atoms with Crippen LogP contribution in [0.2, 0.25) is 5.02 Å². The number of hydrogen-bond donors (Lipinski definition) is 1. The molecule has 33 heavy (non-hydrogen) atoms. The van der Waals surface area contributed by atoms with Gasteiger partial charge in [0.25, 0.3) is 10.0 Å². The molecule has 1 unspecified atom stereocenters. The van der Waals surface area contributed by atoms with Crippen molar-refractivity contribution in [2.45, 2.75) is 38.1 Å². The molecule has 5 nitrogen and oxygen atoms in total. The second-order valence-corrected chi connectivity index (χ2v) is 10.1. The lowest BCUT2D eigenvalue weighted by Crippen LogP contribution is -2.42. The maximum Gasteiger partial charge on any atom is 0.264 e. The van der Waals surface area contributed by atoms with Crippen molar-refractivity contribution in [1.29, 1.82) is 0 Å². The molecule has 3 aromatic carbocycles. The van der Waals surface area contributed by atoms with E-state index in [9.17, 15) is 17.6 Å². The number of hydrogen-bond acceptors (Lipinski definition) is 3. The first-order valence-electron chi connectivity index (χ1n) is 10.5. The fourth-order valence-electron chi connectivity index (χ4n) is 3.66. The maximum absolute atomic E-state index is 13.7. The maximum atomic E-state index is 13.7. The van der Waals surface area contributed by atoms with Crippen molar-refractivity contribution in [3.8, 4) is 0 Å². The fourth-order valence-corrected chi connectivity index (χ4v) is 5.27. The molecule has 1 N–H and O–H groups in total. The molecule has 0 heterocycles. The third-order valence-electron chi connectivity index (χ3n) is 5.35. The molecule has 0 bridgehead atoms. The van der Waals surface area contributed by atoms with E-state index >= 15 is 0 Å². The smallest absolute Gasteiger partial charge is 0.264 e. The minimum absolute atomic E-state index is 0.0136. The monoisotopic (exact) mass is 488 g/mol. The highest BCUT2D eigenvalue weighted by Gasteiger charge is 2.28. The van der Waals surface area contributed by atoms with Gasteiger partial charge in [-0.3, -0.25) is 9.10 Å². The third-order valence-corrected chi connectivity index (χ3v) is 7.43. The number of benzene rings is 3. The zero-order valence-electron chi connectivity index (χ0n) is 18.7. The van der Waals surface area contributed by atoms with Crippen LogP contribution in [0.15, 0.2) is 71.6 Å². The summed E-state index contributed by atoms with van der Waals surface area (Å²) in [5.74, 6) is -1.16. The van der Waals surface area contributed by atoms with Gasteiger partial charge in [-0.1, -0.05) is 60.5 Å². The molecular formula is C25H26ClFN2O3S. The largest absolute Gasteiger partial charge is 0.348 e. The van der Waals surface area contributed by atoms with Gasteiger partial charge in [-0.05, 0) is 61.7 Å². The number of amides is 1. The average Bonchev–Trinajstić information content (AvgIpc) is 2.78. The van der Waals surface area contributed by atoms with E-state index in [0.717, 1.165) is 27.1 Å². The third kappa shape index (κ3) is 5.72. The number of nitrogens with one attached hydrogen (secondary N) is 1. The summed E-state index contributed by atoms with van der Waals surface area (Å²) in [5, 5.41) is 2.71. The Morgan fingerprint density at radius 1 is 1.06 bits per heavy atom. The van der Waals surface area contributed by atoms with Gasteiger partial charge in [-0.25, -0.2) is 12.8 Å². The van der Waals surface area contributed by atoms with Gasteiger partial charge in [0.05, 0.1) is 21.6 Å². The number of halogens is 2. The topological polar surface area (TPSA) is 66.5 Å². The lowest BCUT2D eigenvalue weighted by molar-refractivity contribution is -0.120. The second kappa shape index (κ2) is 10.4. The number of carbonyl (C=O) groups is 1. The van der Waals surface area contributed by atoms with Gasteiger partial charge in [0.1, 0.15) is 12.4 Å². The van der Waals surface area contributed by atoms with Crippen LogP contribution in [0.3, 0.4) is 0 Å². The zero-order valence-corrected chi connectivity index (χ0v) is 20.3. The summed E-state index contributed by atoms with van der Waals surface area (Å²) in [6.45, 7) is 5.43. The molecule has 174 valence electrons. The number of aryl methyl sites for hydroxylation is 2. The number of anilines is 1. The summed E-state index contributed by atoms with van der Waals surface area (Å²) in [6.07, 6.45) is 0.628. The summed E-state index contributed by atoms with van der Waals surface area (Å²) in [4.78, 5) is 13.1. The van der Waals surface area contributed by atoms with Gasteiger partial charge >= 0.3 is 0 Å². The van der Waals surface area contributed by atoms with Crippen molar-refractivity contribution in [1.82, 2.24) is 5.32 Å². The van der Waals surface area contributed by atoms with Crippen LogP contribution in [0.4, 0.5) is 10.1 Å². The normalized spacial score (nSPS) is 12.3. The average molecular weight is 489 g/mol. The SMILES string of the molecule is CCC(NC(=O)CN(c1ccc(F)c(Cl)c1)S(=O)(=O)c1ccccc1)c1ccc(C)cc1C.